The first kappa shape index (κ1) is 19.8. The Labute approximate surface area is 175 Å². The second-order valence-electron chi connectivity index (χ2n) is 7.60. The second-order valence-corrected chi connectivity index (χ2v) is 7.60. The third-order valence-corrected chi connectivity index (χ3v) is 5.50. The topological polar surface area (TPSA) is 50.5 Å². The Hall–Kier alpha value is -3.54. The summed E-state index contributed by atoms with van der Waals surface area (Å²) in [5.41, 5.74) is 7.74. The van der Waals surface area contributed by atoms with E-state index in [0.717, 1.165) is 22.6 Å². The van der Waals surface area contributed by atoms with Crippen molar-refractivity contribution in [2.24, 2.45) is 5.10 Å². The molecule has 6 heteroatoms. The van der Waals surface area contributed by atoms with Crippen LogP contribution < -0.4 is 5.01 Å². The number of aryl methyl sites for hydroxylation is 3. The summed E-state index contributed by atoms with van der Waals surface area (Å²) >= 11 is 0. The minimum atomic E-state index is -0.355. The zero-order valence-corrected chi connectivity index (χ0v) is 17.7. The van der Waals surface area contributed by atoms with Crippen LogP contribution in [-0.4, -0.2) is 21.4 Å². The van der Waals surface area contributed by atoms with E-state index < -0.39 is 0 Å². The highest BCUT2D eigenvalue weighted by Crippen LogP contribution is 2.27. The van der Waals surface area contributed by atoms with Crippen molar-refractivity contribution in [3.63, 3.8) is 0 Å². The Morgan fingerprint density at radius 1 is 0.900 bits per heavy atom. The van der Waals surface area contributed by atoms with Crippen molar-refractivity contribution < 1.29 is 9.18 Å². The zero-order valence-electron chi connectivity index (χ0n) is 17.7. The molecule has 0 saturated heterocycles. The maximum Gasteiger partial charge on any atom is 0.280 e. The smallest absolute Gasteiger partial charge is 0.267 e. The van der Waals surface area contributed by atoms with Crippen LogP contribution >= 0.6 is 0 Å². The Kier molecular flexibility index (Phi) is 4.86. The van der Waals surface area contributed by atoms with Gasteiger partial charge in [-0.15, -0.1) is 0 Å². The van der Waals surface area contributed by atoms with Crippen LogP contribution in [0.3, 0.4) is 0 Å². The highest BCUT2D eigenvalue weighted by Gasteiger charge is 2.29. The number of hydrazone groups is 1. The first-order valence-corrected chi connectivity index (χ1v) is 9.77. The van der Waals surface area contributed by atoms with E-state index in [9.17, 15) is 9.18 Å². The lowest BCUT2D eigenvalue weighted by atomic mass is 10.1. The Morgan fingerprint density at radius 3 is 2.23 bits per heavy atom. The summed E-state index contributed by atoms with van der Waals surface area (Å²) in [6.07, 6.45) is 1.85. The average molecular weight is 402 g/mol. The molecule has 1 aliphatic heterocycles. The zero-order chi connectivity index (χ0) is 21.6. The van der Waals surface area contributed by atoms with Crippen LogP contribution in [0, 0.1) is 33.5 Å². The molecule has 3 aromatic rings. The monoisotopic (exact) mass is 402 g/mol. The molecule has 0 spiro atoms. The molecule has 0 N–H and O–H groups in total. The number of nitrogens with zero attached hydrogens (tertiary/aromatic N) is 4. The van der Waals surface area contributed by atoms with Crippen molar-refractivity contribution in [2.75, 3.05) is 5.01 Å². The van der Waals surface area contributed by atoms with Crippen LogP contribution in [0.1, 0.15) is 35.0 Å². The summed E-state index contributed by atoms with van der Waals surface area (Å²) in [6.45, 7) is 9.88. The molecule has 0 fully saturated rings. The third kappa shape index (κ3) is 3.34. The van der Waals surface area contributed by atoms with Gasteiger partial charge in [-0.05, 0) is 88.2 Å². The van der Waals surface area contributed by atoms with E-state index in [1.807, 2.05) is 30.7 Å². The number of benzene rings is 2. The van der Waals surface area contributed by atoms with Crippen LogP contribution in [-0.2, 0) is 4.79 Å². The van der Waals surface area contributed by atoms with Gasteiger partial charge in [0.25, 0.3) is 5.91 Å². The van der Waals surface area contributed by atoms with Gasteiger partial charge in [-0.25, -0.2) is 9.07 Å². The summed E-state index contributed by atoms with van der Waals surface area (Å²) in [5.74, 6) is -0.594. The van der Waals surface area contributed by atoms with E-state index >= 15 is 0 Å². The van der Waals surface area contributed by atoms with E-state index in [1.165, 1.54) is 28.3 Å². The fraction of sp³-hybridized carbons (Fsp3) is 0.208. The van der Waals surface area contributed by atoms with Gasteiger partial charge in [0.2, 0.25) is 0 Å². The van der Waals surface area contributed by atoms with Crippen molar-refractivity contribution >= 4 is 23.4 Å². The van der Waals surface area contributed by atoms with Gasteiger partial charge < -0.3 is 0 Å². The number of anilines is 1. The first-order chi connectivity index (χ1) is 14.3. The molecule has 0 unspecified atom stereocenters. The van der Waals surface area contributed by atoms with E-state index in [2.05, 4.69) is 31.1 Å². The molecule has 0 bridgehead atoms. The van der Waals surface area contributed by atoms with Crippen LogP contribution in [0.15, 0.2) is 53.1 Å². The normalized spacial score (nSPS) is 15.3. The number of amides is 1. The quantitative estimate of drug-likeness (QED) is 0.576. The molecular formula is C24H23FN4O. The molecule has 1 aliphatic rings. The number of hydrogen-bond donors (Lipinski definition) is 0. The van der Waals surface area contributed by atoms with E-state index in [-0.39, 0.29) is 11.7 Å². The van der Waals surface area contributed by atoms with Gasteiger partial charge in [0, 0.05) is 11.3 Å². The van der Waals surface area contributed by atoms with Crippen molar-refractivity contribution in [1.29, 1.82) is 0 Å². The highest BCUT2D eigenvalue weighted by atomic mass is 19.1. The summed E-state index contributed by atoms with van der Waals surface area (Å²) < 4.78 is 15.1. The van der Waals surface area contributed by atoms with Crippen LogP contribution in [0.5, 0.6) is 0 Å². The molecule has 0 radical (unpaired) electrons. The molecule has 2 heterocycles. The Balaban J connectivity index is 1.72. The summed E-state index contributed by atoms with van der Waals surface area (Å²) in [6, 6.07) is 11.9. The van der Waals surface area contributed by atoms with Gasteiger partial charge in [-0.2, -0.15) is 15.2 Å². The molecular weight excluding hydrogens is 379 g/mol. The number of rotatable bonds is 3. The number of carbonyl (C=O) groups is 1. The largest absolute Gasteiger partial charge is 0.280 e. The molecule has 30 heavy (non-hydrogen) atoms. The van der Waals surface area contributed by atoms with Crippen molar-refractivity contribution in [1.82, 2.24) is 9.78 Å². The predicted molar refractivity (Wildman–Crippen MR) is 117 cm³/mol. The van der Waals surface area contributed by atoms with Crippen LogP contribution in [0.4, 0.5) is 10.1 Å². The van der Waals surface area contributed by atoms with E-state index in [4.69, 9.17) is 5.10 Å². The first-order valence-electron chi connectivity index (χ1n) is 9.77. The minimum absolute atomic E-state index is 0.239. The lowest BCUT2D eigenvalue weighted by Gasteiger charge is -2.11. The average Bonchev–Trinajstić information content (AvgIpc) is 3.15. The van der Waals surface area contributed by atoms with Crippen LogP contribution in [0.2, 0.25) is 0 Å². The summed E-state index contributed by atoms with van der Waals surface area (Å²) in [7, 11) is 0. The SMILES string of the molecule is CC1=NN(c2ccc(F)cc2)C(=O)/C1=C\c1c(C)nn(-c2ccc(C)c(C)c2)c1C. The van der Waals surface area contributed by atoms with Gasteiger partial charge in [0.1, 0.15) is 5.82 Å². The van der Waals surface area contributed by atoms with Gasteiger partial charge in [0.15, 0.2) is 0 Å². The van der Waals surface area contributed by atoms with E-state index in [0.29, 0.717) is 17.0 Å². The molecule has 2 aromatic carbocycles. The minimum Gasteiger partial charge on any atom is -0.267 e. The maximum atomic E-state index is 13.2. The molecule has 1 aromatic heterocycles. The van der Waals surface area contributed by atoms with Crippen molar-refractivity contribution in [2.45, 2.75) is 34.6 Å². The fourth-order valence-corrected chi connectivity index (χ4v) is 3.56. The molecule has 152 valence electrons. The van der Waals surface area contributed by atoms with Gasteiger partial charge in [-0.3, -0.25) is 4.79 Å². The molecule has 0 atom stereocenters. The predicted octanol–water partition coefficient (Wildman–Crippen LogP) is 5.05. The molecule has 4 rings (SSSR count). The number of halogens is 1. The van der Waals surface area contributed by atoms with Crippen molar-refractivity contribution in [3.8, 4) is 5.69 Å². The summed E-state index contributed by atoms with van der Waals surface area (Å²) in [5, 5.41) is 10.4. The molecule has 0 saturated carbocycles. The standard InChI is InChI=1S/C24H23FN4O/c1-14-6-9-21(12-15(14)2)28-18(5)22(16(3)26-28)13-23-17(4)27-29(24(23)30)20-10-7-19(25)8-11-20/h6-13H,1-5H3/b23-13-. The highest BCUT2D eigenvalue weighted by molar-refractivity contribution is 6.32. The molecule has 0 aliphatic carbocycles. The Morgan fingerprint density at radius 2 is 1.57 bits per heavy atom. The number of aromatic nitrogens is 2. The molecule has 1 amide bonds. The third-order valence-electron chi connectivity index (χ3n) is 5.50. The Bertz CT molecular complexity index is 1220. The van der Waals surface area contributed by atoms with Gasteiger partial charge in [0.05, 0.1) is 28.4 Å². The lowest BCUT2D eigenvalue weighted by Crippen LogP contribution is -2.21. The summed E-state index contributed by atoms with van der Waals surface area (Å²) in [4.78, 5) is 13.0. The van der Waals surface area contributed by atoms with E-state index in [1.54, 1.807) is 19.1 Å². The number of carbonyl (C=O) groups excluding carboxylic acids is 1. The van der Waals surface area contributed by atoms with Gasteiger partial charge in [-0.1, -0.05) is 6.07 Å². The van der Waals surface area contributed by atoms with Crippen LogP contribution in [0.25, 0.3) is 11.8 Å². The van der Waals surface area contributed by atoms with Gasteiger partial charge >= 0.3 is 0 Å². The number of hydrogen-bond acceptors (Lipinski definition) is 3. The van der Waals surface area contributed by atoms with Crippen molar-refractivity contribution in [3.05, 3.63) is 81.9 Å². The maximum absolute atomic E-state index is 13.2. The molecule has 5 nitrogen and oxygen atoms in total. The lowest BCUT2D eigenvalue weighted by molar-refractivity contribution is -0.114. The second kappa shape index (κ2) is 7.37. The fourth-order valence-electron chi connectivity index (χ4n) is 3.56.